The van der Waals surface area contributed by atoms with Gasteiger partial charge in [0.05, 0.1) is 4.70 Å². The zero-order valence-corrected chi connectivity index (χ0v) is 22.1. The zero-order valence-electron chi connectivity index (χ0n) is 21.3. The van der Waals surface area contributed by atoms with Gasteiger partial charge in [0, 0.05) is 55.8 Å². The smallest absolute Gasteiger partial charge is 0.197 e. The fourth-order valence-electron chi connectivity index (χ4n) is 8.06. The van der Waals surface area contributed by atoms with Crippen LogP contribution >= 0.6 is 11.5 Å². The second-order valence-electron chi connectivity index (χ2n) is 12.2. The highest BCUT2D eigenvalue weighted by molar-refractivity contribution is 7.13. The molecule has 1 saturated heterocycles. The molecule has 3 aliphatic carbocycles. The number of aromatic hydroxyl groups is 2. The van der Waals surface area contributed by atoms with Crippen molar-refractivity contribution in [2.75, 3.05) is 37.6 Å². The highest BCUT2D eigenvalue weighted by Gasteiger charge is 2.45. The molecular formula is C29H38N4O2S. The molecule has 7 heteroatoms. The van der Waals surface area contributed by atoms with Crippen molar-refractivity contribution in [1.82, 2.24) is 13.8 Å². The van der Waals surface area contributed by atoms with Crippen LogP contribution in [-0.2, 0) is 6.54 Å². The van der Waals surface area contributed by atoms with Crippen LogP contribution in [0.2, 0.25) is 0 Å². The Kier molecular flexibility index (Phi) is 5.51. The molecule has 192 valence electrons. The zero-order chi connectivity index (χ0) is 24.4. The molecule has 2 N–H and O–H groups in total. The van der Waals surface area contributed by atoms with Crippen molar-refractivity contribution in [3.05, 3.63) is 35.4 Å². The Balaban J connectivity index is 1.05. The third-order valence-corrected chi connectivity index (χ3v) is 10.9. The van der Waals surface area contributed by atoms with Crippen LogP contribution in [0.4, 0.5) is 5.82 Å². The van der Waals surface area contributed by atoms with Crippen molar-refractivity contribution >= 4 is 27.4 Å². The highest BCUT2D eigenvalue weighted by atomic mass is 32.1. The summed E-state index contributed by atoms with van der Waals surface area (Å²) in [5.41, 5.74) is 2.35. The van der Waals surface area contributed by atoms with Crippen molar-refractivity contribution in [2.45, 2.75) is 70.3 Å². The van der Waals surface area contributed by atoms with Crippen LogP contribution in [0.3, 0.4) is 0 Å². The summed E-state index contributed by atoms with van der Waals surface area (Å²) in [7, 11) is 0. The van der Waals surface area contributed by atoms with Gasteiger partial charge in [-0.05, 0) is 78.9 Å². The number of aromatic nitrogens is 2. The summed E-state index contributed by atoms with van der Waals surface area (Å²) >= 11 is 1.60. The summed E-state index contributed by atoms with van der Waals surface area (Å²) in [4.78, 5) is 5.11. The lowest BCUT2D eigenvalue weighted by Crippen LogP contribution is -2.51. The standard InChI is InChI=1S/C29H38N4O2S/c1-29(18-31-12-14-32(15-13-31)26-22-7-2-3-8-23(22)36-30-26)11-5-4-6-21(29)17-33-27(34)24-19-9-10-20(16-19)25(24)28(33)35/h2-3,7-8,19-21,34-35H,4-6,9-18H2,1H3. The number of benzene rings is 1. The Morgan fingerprint density at radius 2 is 1.69 bits per heavy atom. The van der Waals surface area contributed by atoms with Gasteiger partial charge >= 0.3 is 0 Å². The van der Waals surface area contributed by atoms with E-state index in [9.17, 15) is 10.2 Å². The van der Waals surface area contributed by atoms with Crippen LogP contribution in [0, 0.1) is 11.3 Å². The molecule has 4 aliphatic rings. The van der Waals surface area contributed by atoms with E-state index in [0.717, 1.165) is 62.6 Å². The van der Waals surface area contributed by atoms with Crippen LogP contribution in [0.25, 0.3) is 10.1 Å². The van der Waals surface area contributed by atoms with Crippen molar-refractivity contribution in [1.29, 1.82) is 0 Å². The highest BCUT2D eigenvalue weighted by Crippen LogP contribution is 2.60. The Labute approximate surface area is 217 Å². The molecule has 2 bridgehead atoms. The van der Waals surface area contributed by atoms with E-state index in [-0.39, 0.29) is 5.41 Å². The number of fused-ring (bicyclic) bond motifs is 6. The maximum atomic E-state index is 11.2. The first-order valence-corrected chi connectivity index (χ1v) is 14.7. The van der Waals surface area contributed by atoms with E-state index in [2.05, 4.69) is 41.0 Å². The molecule has 2 aromatic heterocycles. The molecule has 0 spiro atoms. The predicted molar refractivity (Wildman–Crippen MR) is 145 cm³/mol. The first-order chi connectivity index (χ1) is 17.5. The van der Waals surface area contributed by atoms with E-state index >= 15 is 0 Å². The van der Waals surface area contributed by atoms with E-state index in [4.69, 9.17) is 4.37 Å². The maximum Gasteiger partial charge on any atom is 0.197 e. The van der Waals surface area contributed by atoms with E-state index < -0.39 is 0 Å². The summed E-state index contributed by atoms with van der Waals surface area (Å²) < 4.78 is 7.93. The van der Waals surface area contributed by atoms with Crippen molar-refractivity contribution in [3.8, 4) is 11.8 Å². The average molecular weight is 507 g/mol. The van der Waals surface area contributed by atoms with E-state index in [1.807, 2.05) is 4.57 Å². The van der Waals surface area contributed by atoms with Gasteiger partial charge < -0.3 is 15.1 Å². The molecule has 2 saturated carbocycles. The molecule has 6 nitrogen and oxygen atoms in total. The van der Waals surface area contributed by atoms with E-state index in [1.54, 1.807) is 11.5 Å². The van der Waals surface area contributed by atoms with Crippen LogP contribution < -0.4 is 4.90 Å². The molecule has 4 atom stereocenters. The normalized spacial score (nSPS) is 30.4. The summed E-state index contributed by atoms with van der Waals surface area (Å²) in [6, 6.07) is 8.56. The van der Waals surface area contributed by atoms with Gasteiger partial charge in [-0.2, -0.15) is 4.37 Å². The van der Waals surface area contributed by atoms with Gasteiger partial charge in [-0.3, -0.25) is 9.47 Å². The first-order valence-electron chi connectivity index (χ1n) is 14.0. The maximum absolute atomic E-state index is 11.2. The molecule has 36 heavy (non-hydrogen) atoms. The Morgan fingerprint density at radius 3 is 2.44 bits per heavy atom. The summed E-state index contributed by atoms with van der Waals surface area (Å²) in [6.45, 7) is 8.46. The fourth-order valence-corrected chi connectivity index (χ4v) is 8.85. The largest absolute Gasteiger partial charge is 0.494 e. The Morgan fingerprint density at radius 1 is 0.972 bits per heavy atom. The molecule has 3 aromatic rings. The van der Waals surface area contributed by atoms with Crippen molar-refractivity contribution in [2.24, 2.45) is 11.3 Å². The number of hydrogen-bond donors (Lipinski definition) is 2. The topological polar surface area (TPSA) is 64.8 Å². The lowest BCUT2D eigenvalue weighted by Gasteiger charge is -2.46. The monoisotopic (exact) mass is 506 g/mol. The third-order valence-electron chi connectivity index (χ3n) is 10.1. The predicted octanol–water partition coefficient (Wildman–Crippen LogP) is 5.89. The van der Waals surface area contributed by atoms with Crippen molar-refractivity contribution < 1.29 is 10.2 Å². The minimum absolute atomic E-state index is 0.195. The quantitative estimate of drug-likeness (QED) is 0.452. The molecule has 3 heterocycles. The average Bonchev–Trinajstić information content (AvgIpc) is 3.66. The van der Waals surface area contributed by atoms with Gasteiger partial charge in [-0.1, -0.05) is 31.9 Å². The fraction of sp³-hybridized carbons (Fsp3) is 0.621. The molecule has 1 aromatic carbocycles. The Hall–Kier alpha value is -2.25. The Bertz CT molecular complexity index is 1240. The van der Waals surface area contributed by atoms with Gasteiger partial charge in [0.25, 0.3) is 0 Å². The number of piperazine rings is 1. The van der Waals surface area contributed by atoms with Gasteiger partial charge in [0.15, 0.2) is 11.8 Å². The molecular weight excluding hydrogens is 468 g/mol. The number of anilines is 1. The first kappa shape index (κ1) is 22.9. The van der Waals surface area contributed by atoms with Crippen molar-refractivity contribution in [3.63, 3.8) is 0 Å². The van der Waals surface area contributed by atoms with Crippen LogP contribution in [0.15, 0.2) is 24.3 Å². The molecule has 1 aliphatic heterocycles. The van der Waals surface area contributed by atoms with Crippen LogP contribution in [0.5, 0.6) is 11.8 Å². The third kappa shape index (κ3) is 3.57. The van der Waals surface area contributed by atoms with Gasteiger partial charge in [0.2, 0.25) is 0 Å². The van der Waals surface area contributed by atoms with Crippen LogP contribution in [0.1, 0.15) is 74.8 Å². The van der Waals surface area contributed by atoms with E-state index in [0.29, 0.717) is 29.5 Å². The molecule has 0 radical (unpaired) electrons. The molecule has 0 amide bonds. The van der Waals surface area contributed by atoms with E-state index in [1.165, 1.54) is 48.6 Å². The minimum Gasteiger partial charge on any atom is -0.494 e. The number of rotatable bonds is 5. The molecule has 4 unspecified atom stereocenters. The summed E-state index contributed by atoms with van der Waals surface area (Å²) in [5, 5.41) is 23.6. The SMILES string of the molecule is CC1(CN2CCN(c3nsc4ccccc34)CC2)CCCCC1Cn1c(O)c2c(c1O)C1CCC2C1. The minimum atomic E-state index is 0.195. The summed E-state index contributed by atoms with van der Waals surface area (Å²) in [5.74, 6) is 3.27. The lowest BCUT2D eigenvalue weighted by atomic mass is 9.67. The second kappa shape index (κ2) is 8.66. The molecule has 7 rings (SSSR count). The number of hydrogen-bond acceptors (Lipinski definition) is 6. The van der Waals surface area contributed by atoms with Gasteiger partial charge in [-0.25, -0.2) is 0 Å². The van der Waals surface area contributed by atoms with Gasteiger partial charge in [-0.15, -0.1) is 0 Å². The van der Waals surface area contributed by atoms with Gasteiger partial charge in [0.1, 0.15) is 5.82 Å². The lowest BCUT2D eigenvalue weighted by molar-refractivity contribution is 0.0454. The molecule has 3 fully saturated rings. The van der Waals surface area contributed by atoms with Crippen LogP contribution in [-0.4, -0.2) is 56.8 Å². The number of nitrogens with zero attached hydrogens (tertiary/aromatic N) is 4. The summed E-state index contributed by atoms with van der Waals surface area (Å²) in [6.07, 6.45) is 8.38. The second-order valence-corrected chi connectivity index (χ2v) is 13.0.